The van der Waals surface area contributed by atoms with Crippen molar-refractivity contribution >= 4 is 34.9 Å². The molecule has 0 bridgehead atoms. The molecular weight excluding hydrogens is 402 g/mol. The lowest BCUT2D eigenvalue weighted by molar-refractivity contribution is 0.0475. The van der Waals surface area contributed by atoms with E-state index < -0.39 is 5.97 Å². The molecule has 6 nitrogen and oxygen atoms in total. The topological polar surface area (TPSA) is 80.8 Å². The van der Waals surface area contributed by atoms with E-state index >= 15 is 0 Å². The molecule has 150 valence electrons. The van der Waals surface area contributed by atoms with Crippen molar-refractivity contribution in [3.05, 3.63) is 92.7 Å². The third kappa shape index (κ3) is 3.79. The minimum Gasteiger partial charge on any atom is -0.454 e. The molecule has 0 saturated carbocycles. The van der Waals surface area contributed by atoms with E-state index in [1.54, 1.807) is 54.6 Å². The summed E-state index contributed by atoms with van der Waals surface area (Å²) in [6.07, 6.45) is 0. The number of ether oxygens (including phenoxy) is 1. The number of aryl methyl sites for hydroxylation is 1. The predicted octanol–water partition coefficient (Wildman–Crippen LogP) is 3.89. The Morgan fingerprint density at radius 1 is 0.933 bits per heavy atom. The van der Waals surface area contributed by atoms with Crippen LogP contribution in [0.1, 0.15) is 51.2 Å². The number of carbonyl (C=O) groups is 4. The maximum Gasteiger partial charge on any atom is 0.338 e. The first-order chi connectivity index (χ1) is 14.4. The first-order valence-corrected chi connectivity index (χ1v) is 10.1. The fraction of sp³-hybridized carbons (Fsp3) is 0.130. The third-order valence-corrected chi connectivity index (χ3v) is 5.77. The van der Waals surface area contributed by atoms with Crippen molar-refractivity contribution in [1.82, 2.24) is 4.90 Å². The Morgan fingerprint density at radius 2 is 1.63 bits per heavy atom. The van der Waals surface area contributed by atoms with E-state index in [0.29, 0.717) is 21.6 Å². The lowest BCUT2D eigenvalue weighted by atomic mass is 10.1. The van der Waals surface area contributed by atoms with Gasteiger partial charge in [-0.2, -0.15) is 0 Å². The summed E-state index contributed by atoms with van der Waals surface area (Å²) >= 11 is 1.35. The Balaban J connectivity index is 1.43. The van der Waals surface area contributed by atoms with Crippen molar-refractivity contribution < 1.29 is 23.9 Å². The van der Waals surface area contributed by atoms with Crippen LogP contribution >= 0.6 is 11.3 Å². The molecule has 0 fully saturated rings. The number of ketones is 1. The monoisotopic (exact) mass is 419 g/mol. The molecule has 1 aliphatic rings. The quantitative estimate of drug-likeness (QED) is 0.344. The van der Waals surface area contributed by atoms with Crippen LogP contribution in [0.2, 0.25) is 0 Å². The van der Waals surface area contributed by atoms with Crippen LogP contribution in [0.5, 0.6) is 0 Å². The summed E-state index contributed by atoms with van der Waals surface area (Å²) in [6.45, 7) is 1.59. The van der Waals surface area contributed by atoms with Crippen molar-refractivity contribution in [1.29, 1.82) is 0 Å². The number of benzene rings is 2. The normalized spacial score (nSPS) is 12.8. The minimum absolute atomic E-state index is 0.0425. The van der Waals surface area contributed by atoms with E-state index in [0.717, 1.165) is 9.78 Å². The van der Waals surface area contributed by atoms with Crippen LogP contribution in [0, 0.1) is 6.92 Å². The number of Topliss-reactive ketones (excluding diaryl/α,β-unsaturated/α-hetero) is 1. The van der Waals surface area contributed by atoms with Gasteiger partial charge in [-0.25, -0.2) is 4.79 Å². The first-order valence-electron chi connectivity index (χ1n) is 9.25. The van der Waals surface area contributed by atoms with Gasteiger partial charge < -0.3 is 4.74 Å². The summed E-state index contributed by atoms with van der Waals surface area (Å²) in [5, 5.41) is 0. The summed E-state index contributed by atoms with van der Waals surface area (Å²) in [5.74, 6) is -1.62. The molecule has 0 atom stereocenters. The number of rotatable bonds is 6. The lowest BCUT2D eigenvalue weighted by Crippen LogP contribution is -2.29. The van der Waals surface area contributed by atoms with E-state index in [1.165, 1.54) is 11.3 Å². The van der Waals surface area contributed by atoms with Gasteiger partial charge in [-0.15, -0.1) is 11.3 Å². The maximum atomic E-state index is 12.5. The predicted molar refractivity (Wildman–Crippen MR) is 111 cm³/mol. The molecule has 0 N–H and O–H groups in total. The highest BCUT2D eigenvalue weighted by Gasteiger charge is 2.35. The van der Waals surface area contributed by atoms with Crippen molar-refractivity contribution in [2.75, 3.05) is 6.61 Å². The standard InChI is InChI=1S/C23H17NO5S/c1-14-9-10-20(30-14)19(25)13-29-23(28)16-6-4-5-15(11-16)12-24-21(26)17-7-2-3-8-18(17)22(24)27/h2-11H,12-13H2,1H3. The molecule has 2 amide bonds. The van der Waals surface area contributed by atoms with Gasteiger partial charge >= 0.3 is 5.97 Å². The van der Waals surface area contributed by atoms with Gasteiger partial charge in [0.05, 0.1) is 28.1 Å². The van der Waals surface area contributed by atoms with E-state index in [-0.39, 0.29) is 36.3 Å². The lowest BCUT2D eigenvalue weighted by Gasteiger charge is -2.14. The van der Waals surface area contributed by atoms with Crippen LogP contribution in [-0.4, -0.2) is 35.1 Å². The zero-order valence-corrected chi connectivity index (χ0v) is 16.9. The summed E-state index contributed by atoms with van der Waals surface area (Å²) in [6, 6.07) is 16.7. The number of carbonyl (C=O) groups excluding carboxylic acids is 4. The molecule has 3 aromatic rings. The molecular formula is C23H17NO5S. The smallest absolute Gasteiger partial charge is 0.338 e. The van der Waals surface area contributed by atoms with Gasteiger partial charge in [0.25, 0.3) is 11.8 Å². The summed E-state index contributed by atoms with van der Waals surface area (Å²) in [5.41, 5.74) is 1.61. The van der Waals surface area contributed by atoms with Crippen LogP contribution in [0.15, 0.2) is 60.7 Å². The number of imide groups is 1. The van der Waals surface area contributed by atoms with Gasteiger partial charge in [-0.3, -0.25) is 19.3 Å². The Kier molecular flexibility index (Phi) is 5.29. The minimum atomic E-state index is -0.638. The number of fused-ring (bicyclic) bond motifs is 1. The summed E-state index contributed by atoms with van der Waals surface area (Å²) in [7, 11) is 0. The van der Waals surface area contributed by atoms with E-state index in [2.05, 4.69) is 0 Å². The number of hydrogen-bond donors (Lipinski definition) is 0. The van der Waals surface area contributed by atoms with Crippen molar-refractivity contribution in [2.45, 2.75) is 13.5 Å². The van der Waals surface area contributed by atoms with Crippen molar-refractivity contribution in [3.8, 4) is 0 Å². The van der Waals surface area contributed by atoms with Gasteiger partial charge in [0.15, 0.2) is 6.61 Å². The molecule has 7 heteroatoms. The van der Waals surface area contributed by atoms with Gasteiger partial charge in [-0.05, 0) is 48.9 Å². The highest BCUT2D eigenvalue weighted by Crippen LogP contribution is 2.24. The number of nitrogens with zero attached hydrogens (tertiary/aromatic N) is 1. The van der Waals surface area contributed by atoms with Crippen LogP contribution in [0.4, 0.5) is 0 Å². The van der Waals surface area contributed by atoms with Crippen molar-refractivity contribution in [3.63, 3.8) is 0 Å². The molecule has 0 radical (unpaired) electrons. The Bertz CT molecular complexity index is 1140. The highest BCUT2D eigenvalue weighted by atomic mass is 32.1. The Labute approximate surface area is 176 Å². The molecule has 2 heterocycles. The molecule has 0 spiro atoms. The average molecular weight is 419 g/mol. The Morgan fingerprint density at radius 3 is 2.27 bits per heavy atom. The fourth-order valence-electron chi connectivity index (χ4n) is 3.23. The second-order valence-corrected chi connectivity index (χ2v) is 8.14. The van der Waals surface area contributed by atoms with E-state index in [1.807, 2.05) is 13.0 Å². The van der Waals surface area contributed by atoms with E-state index in [9.17, 15) is 19.2 Å². The molecule has 4 rings (SSSR count). The number of thiophene rings is 1. The van der Waals surface area contributed by atoms with Gasteiger partial charge in [0.2, 0.25) is 5.78 Å². The molecule has 1 aliphatic heterocycles. The number of esters is 1. The van der Waals surface area contributed by atoms with Gasteiger partial charge in [0, 0.05) is 4.88 Å². The maximum absolute atomic E-state index is 12.5. The van der Waals surface area contributed by atoms with Gasteiger partial charge in [0.1, 0.15) is 0 Å². The average Bonchev–Trinajstić information content (AvgIpc) is 3.30. The zero-order valence-electron chi connectivity index (χ0n) is 16.1. The number of hydrogen-bond acceptors (Lipinski definition) is 6. The molecule has 2 aromatic carbocycles. The molecule has 1 aromatic heterocycles. The highest BCUT2D eigenvalue weighted by molar-refractivity contribution is 7.14. The van der Waals surface area contributed by atoms with Crippen LogP contribution in [0.3, 0.4) is 0 Å². The van der Waals surface area contributed by atoms with E-state index in [4.69, 9.17) is 4.74 Å². The molecule has 0 aliphatic carbocycles. The second kappa shape index (κ2) is 8.04. The molecule has 30 heavy (non-hydrogen) atoms. The van der Waals surface area contributed by atoms with Crippen LogP contribution in [-0.2, 0) is 11.3 Å². The molecule has 0 unspecified atom stereocenters. The van der Waals surface area contributed by atoms with Crippen LogP contribution < -0.4 is 0 Å². The SMILES string of the molecule is Cc1ccc(C(=O)COC(=O)c2cccc(CN3C(=O)c4ccccc4C3=O)c2)s1. The molecule has 0 saturated heterocycles. The third-order valence-electron chi connectivity index (χ3n) is 4.73. The Hall–Kier alpha value is -3.58. The largest absolute Gasteiger partial charge is 0.454 e. The van der Waals surface area contributed by atoms with Gasteiger partial charge in [-0.1, -0.05) is 24.3 Å². The number of amides is 2. The second-order valence-electron chi connectivity index (χ2n) is 6.85. The summed E-state index contributed by atoms with van der Waals surface area (Å²) < 4.78 is 5.14. The van der Waals surface area contributed by atoms with Crippen LogP contribution in [0.25, 0.3) is 0 Å². The fourth-order valence-corrected chi connectivity index (χ4v) is 4.02. The zero-order chi connectivity index (χ0) is 21.3. The summed E-state index contributed by atoms with van der Waals surface area (Å²) in [4.78, 5) is 52.2. The first kappa shape index (κ1) is 19.7. The van der Waals surface area contributed by atoms with Crippen molar-refractivity contribution in [2.24, 2.45) is 0 Å².